The molecule has 0 saturated carbocycles. The summed E-state index contributed by atoms with van der Waals surface area (Å²) in [4.78, 5) is 2.03. The van der Waals surface area contributed by atoms with Crippen LogP contribution in [-0.4, -0.2) is 47.8 Å². The largest absolute Gasteiger partial charge is 0.484 e. The van der Waals surface area contributed by atoms with Crippen LogP contribution in [0.3, 0.4) is 0 Å². The fourth-order valence-corrected chi connectivity index (χ4v) is 3.24. The molecule has 0 aliphatic carbocycles. The number of alkyl halides is 1. The average molecular weight is 310 g/mol. The van der Waals surface area contributed by atoms with Crippen molar-refractivity contribution < 1.29 is 19.3 Å². The Labute approximate surface area is 129 Å². The predicted molar refractivity (Wildman–Crippen MR) is 83.0 cm³/mol. The molecule has 2 heterocycles. The average Bonchev–Trinajstić information content (AvgIpc) is 2.83. The molecule has 4 N–H and O–H groups in total. The van der Waals surface area contributed by atoms with Gasteiger partial charge in [0.15, 0.2) is 0 Å². The number of hydrogen-bond donors (Lipinski definition) is 3. The molecule has 2 aliphatic rings. The zero-order valence-corrected chi connectivity index (χ0v) is 12.8. The third kappa shape index (κ3) is 2.61. The number of fused-ring (bicyclic) bond motifs is 1. The molecule has 6 heteroatoms. The van der Waals surface area contributed by atoms with Gasteiger partial charge in [-0.15, -0.1) is 0 Å². The second kappa shape index (κ2) is 5.28. The van der Waals surface area contributed by atoms with E-state index in [4.69, 9.17) is 15.6 Å². The van der Waals surface area contributed by atoms with Crippen LogP contribution in [0.5, 0.6) is 5.75 Å². The second-order valence-corrected chi connectivity index (χ2v) is 6.70. The van der Waals surface area contributed by atoms with E-state index in [0.29, 0.717) is 25.2 Å². The van der Waals surface area contributed by atoms with Crippen molar-refractivity contribution in [3.8, 4) is 5.75 Å². The molecule has 122 valence electrons. The lowest BCUT2D eigenvalue weighted by atomic mass is 9.93. The van der Waals surface area contributed by atoms with Gasteiger partial charge in [0.05, 0.1) is 24.6 Å². The second-order valence-electron chi connectivity index (χ2n) is 6.70. The van der Waals surface area contributed by atoms with Gasteiger partial charge in [0.2, 0.25) is 0 Å². The molecule has 0 radical (unpaired) electrons. The van der Waals surface area contributed by atoms with Gasteiger partial charge in [-0.05, 0) is 13.0 Å². The van der Waals surface area contributed by atoms with Gasteiger partial charge in [0, 0.05) is 44.0 Å². The Morgan fingerprint density at radius 3 is 2.55 bits per heavy atom. The van der Waals surface area contributed by atoms with Crippen LogP contribution in [0.1, 0.15) is 25.3 Å². The number of anilines is 2. The molecule has 1 saturated heterocycles. The van der Waals surface area contributed by atoms with Crippen molar-refractivity contribution in [3.63, 3.8) is 0 Å². The van der Waals surface area contributed by atoms with Crippen LogP contribution in [0.4, 0.5) is 15.8 Å². The minimum absolute atomic E-state index is 0.0541. The number of nitrogens with zero attached hydrogens (tertiary/aromatic N) is 1. The molecule has 1 unspecified atom stereocenters. The monoisotopic (exact) mass is 310 g/mol. The lowest BCUT2D eigenvalue weighted by Crippen LogP contribution is -2.44. The summed E-state index contributed by atoms with van der Waals surface area (Å²) in [5.41, 5.74) is 6.54. The number of nitrogen functional groups attached to an aromatic ring is 1. The summed E-state index contributed by atoms with van der Waals surface area (Å²) >= 11 is 0. The third-order valence-corrected chi connectivity index (χ3v) is 4.75. The lowest BCUT2D eigenvalue weighted by Gasteiger charge is -2.37. The molecule has 0 spiro atoms. The Morgan fingerprint density at radius 1 is 1.27 bits per heavy atom. The van der Waals surface area contributed by atoms with Gasteiger partial charge in [-0.25, -0.2) is 4.39 Å². The summed E-state index contributed by atoms with van der Waals surface area (Å²) in [5.74, 6) is 0.736. The number of halogens is 1. The number of aliphatic hydroxyl groups excluding tert-OH is 2. The maximum atomic E-state index is 14.1. The Kier molecular flexibility index (Phi) is 3.69. The first-order valence-electron chi connectivity index (χ1n) is 7.65. The van der Waals surface area contributed by atoms with Crippen LogP contribution < -0.4 is 15.4 Å². The normalized spacial score (nSPS) is 26.6. The van der Waals surface area contributed by atoms with Crippen molar-refractivity contribution in [1.82, 2.24) is 0 Å². The Bertz CT molecular complexity index is 573. The molecule has 0 aromatic heterocycles. The summed E-state index contributed by atoms with van der Waals surface area (Å²) < 4.78 is 19.9. The summed E-state index contributed by atoms with van der Waals surface area (Å²) in [6, 6.07) is 3.77. The molecule has 3 rings (SSSR count). The maximum absolute atomic E-state index is 14.1. The van der Waals surface area contributed by atoms with Crippen molar-refractivity contribution in [2.75, 3.05) is 36.9 Å². The van der Waals surface area contributed by atoms with E-state index in [1.807, 2.05) is 24.0 Å². The van der Waals surface area contributed by atoms with Gasteiger partial charge in [-0.1, -0.05) is 0 Å². The molecule has 1 fully saturated rings. The quantitative estimate of drug-likeness (QED) is 0.733. The lowest BCUT2D eigenvalue weighted by molar-refractivity contribution is 0.0445. The van der Waals surface area contributed by atoms with Gasteiger partial charge in [-0.3, -0.25) is 0 Å². The van der Waals surface area contributed by atoms with E-state index in [1.165, 1.54) is 0 Å². The van der Waals surface area contributed by atoms with Crippen LogP contribution in [-0.2, 0) is 6.42 Å². The van der Waals surface area contributed by atoms with Crippen LogP contribution >= 0.6 is 0 Å². The Morgan fingerprint density at radius 2 is 1.95 bits per heavy atom. The molecule has 1 atom stereocenters. The SMILES string of the molecule is CC1(CO)Cc2cc(N)c(N3CCC(F)(CO)CC3)cc2O1. The van der Waals surface area contributed by atoms with E-state index in [1.54, 1.807) is 0 Å². The van der Waals surface area contributed by atoms with E-state index in [-0.39, 0.29) is 19.4 Å². The fourth-order valence-electron chi connectivity index (χ4n) is 3.24. The van der Waals surface area contributed by atoms with Gasteiger partial charge >= 0.3 is 0 Å². The number of piperidine rings is 1. The number of hydrogen-bond acceptors (Lipinski definition) is 5. The van der Waals surface area contributed by atoms with Gasteiger partial charge in [0.25, 0.3) is 0 Å². The van der Waals surface area contributed by atoms with E-state index in [2.05, 4.69) is 0 Å². The van der Waals surface area contributed by atoms with Gasteiger partial charge in [0.1, 0.15) is 17.0 Å². The highest BCUT2D eigenvalue weighted by molar-refractivity contribution is 5.72. The molecular formula is C16H23FN2O3. The zero-order chi connectivity index (χ0) is 16.0. The first-order chi connectivity index (χ1) is 10.4. The van der Waals surface area contributed by atoms with Crippen molar-refractivity contribution in [3.05, 3.63) is 17.7 Å². The molecule has 0 amide bonds. The van der Waals surface area contributed by atoms with Crippen molar-refractivity contribution in [2.45, 2.75) is 37.5 Å². The van der Waals surface area contributed by atoms with Crippen LogP contribution in [0.2, 0.25) is 0 Å². The van der Waals surface area contributed by atoms with E-state index >= 15 is 0 Å². The highest BCUT2D eigenvalue weighted by atomic mass is 19.1. The third-order valence-electron chi connectivity index (χ3n) is 4.75. The number of nitrogens with two attached hydrogens (primary N) is 1. The van der Waals surface area contributed by atoms with Gasteiger partial charge in [-0.2, -0.15) is 0 Å². The Balaban J connectivity index is 1.81. The number of benzene rings is 1. The van der Waals surface area contributed by atoms with E-state index < -0.39 is 17.9 Å². The number of ether oxygens (including phenoxy) is 1. The van der Waals surface area contributed by atoms with Crippen molar-refractivity contribution in [2.24, 2.45) is 0 Å². The molecular weight excluding hydrogens is 287 g/mol. The van der Waals surface area contributed by atoms with Crippen LogP contribution in [0.15, 0.2) is 12.1 Å². The standard InChI is InChI=1S/C16H23FN2O3/c1-15(9-20)8-11-6-12(18)13(7-14(11)22-15)19-4-2-16(17,10-21)3-5-19/h6-7,20-21H,2-5,8-10,18H2,1H3. The molecule has 22 heavy (non-hydrogen) atoms. The predicted octanol–water partition coefficient (Wildman–Crippen LogP) is 1.26. The minimum Gasteiger partial charge on any atom is -0.484 e. The van der Waals surface area contributed by atoms with Crippen LogP contribution in [0, 0.1) is 0 Å². The summed E-state index contributed by atoms with van der Waals surface area (Å²) in [7, 11) is 0. The smallest absolute Gasteiger partial charge is 0.137 e. The highest BCUT2D eigenvalue weighted by Gasteiger charge is 2.37. The zero-order valence-electron chi connectivity index (χ0n) is 12.8. The minimum atomic E-state index is -1.48. The summed E-state index contributed by atoms with van der Waals surface area (Å²) in [5, 5.41) is 18.5. The number of rotatable bonds is 3. The highest BCUT2D eigenvalue weighted by Crippen LogP contribution is 2.41. The topological polar surface area (TPSA) is 79.0 Å². The summed E-state index contributed by atoms with van der Waals surface area (Å²) in [6.07, 6.45) is 1.20. The molecule has 5 nitrogen and oxygen atoms in total. The molecule has 2 aliphatic heterocycles. The first kappa shape index (κ1) is 15.4. The van der Waals surface area contributed by atoms with Crippen LogP contribution in [0.25, 0.3) is 0 Å². The summed E-state index contributed by atoms with van der Waals surface area (Å²) in [6.45, 7) is 2.40. The molecule has 1 aromatic rings. The van der Waals surface area contributed by atoms with Crippen molar-refractivity contribution >= 4 is 11.4 Å². The van der Waals surface area contributed by atoms with Crippen molar-refractivity contribution in [1.29, 1.82) is 0 Å². The Hall–Kier alpha value is -1.53. The van der Waals surface area contributed by atoms with E-state index in [0.717, 1.165) is 17.0 Å². The maximum Gasteiger partial charge on any atom is 0.137 e. The van der Waals surface area contributed by atoms with E-state index in [9.17, 15) is 9.50 Å². The number of aliphatic hydroxyl groups is 2. The first-order valence-corrected chi connectivity index (χ1v) is 7.65. The fraction of sp³-hybridized carbons (Fsp3) is 0.625. The molecule has 1 aromatic carbocycles. The molecule has 0 bridgehead atoms. The van der Waals surface area contributed by atoms with Gasteiger partial charge < -0.3 is 25.6 Å².